The Balaban J connectivity index is 1.74. The molecular weight excluding hydrogens is 302 g/mol. The molecule has 1 aliphatic rings. The molecule has 1 aromatic rings. The number of halogens is 1. The van der Waals surface area contributed by atoms with Crippen molar-refractivity contribution in [2.75, 3.05) is 13.2 Å². The van der Waals surface area contributed by atoms with E-state index in [9.17, 15) is 0 Å². The lowest BCUT2D eigenvalue weighted by Crippen LogP contribution is -2.35. The third-order valence-electron chi connectivity index (χ3n) is 4.02. The van der Waals surface area contributed by atoms with Gasteiger partial charge in [0.05, 0.1) is 0 Å². The minimum atomic E-state index is 0.311. The van der Waals surface area contributed by atoms with Crippen molar-refractivity contribution >= 4 is 15.9 Å². The molecule has 0 aromatic heterocycles. The number of aryl methyl sites for hydroxylation is 1. The number of hydrogen-bond donors (Lipinski definition) is 2. The fraction of sp³-hybridized carbons (Fsp3) is 0.625. The van der Waals surface area contributed by atoms with Gasteiger partial charge in [0.15, 0.2) is 0 Å². The van der Waals surface area contributed by atoms with Crippen LogP contribution in [-0.2, 0) is 12.8 Å². The molecular formula is C16H24BrNO. The first-order chi connectivity index (χ1) is 9.19. The molecule has 0 radical (unpaired) electrons. The molecule has 0 bridgehead atoms. The monoisotopic (exact) mass is 325 g/mol. The highest BCUT2D eigenvalue weighted by Gasteiger charge is 2.17. The lowest BCUT2D eigenvalue weighted by molar-refractivity contribution is 0.227. The van der Waals surface area contributed by atoms with E-state index in [4.69, 9.17) is 5.11 Å². The van der Waals surface area contributed by atoms with Gasteiger partial charge in [-0.1, -0.05) is 28.9 Å². The number of rotatable bonds is 6. The Kier molecular flexibility index (Phi) is 5.86. The fourth-order valence-electron chi connectivity index (χ4n) is 2.75. The summed E-state index contributed by atoms with van der Waals surface area (Å²) < 4.78 is 1.19. The van der Waals surface area contributed by atoms with Gasteiger partial charge in [0.2, 0.25) is 0 Å². The molecule has 0 aliphatic heterocycles. The van der Waals surface area contributed by atoms with Crippen LogP contribution in [0.5, 0.6) is 0 Å². The highest BCUT2D eigenvalue weighted by Crippen LogP contribution is 2.24. The average Bonchev–Trinajstić information content (AvgIpc) is 2.43. The maximum atomic E-state index is 8.99. The van der Waals surface area contributed by atoms with Gasteiger partial charge in [-0.15, -0.1) is 0 Å². The predicted molar refractivity (Wildman–Crippen MR) is 83.4 cm³/mol. The van der Waals surface area contributed by atoms with E-state index in [1.807, 2.05) is 0 Å². The van der Waals surface area contributed by atoms with Crippen molar-refractivity contribution in [1.82, 2.24) is 5.32 Å². The molecule has 2 nitrogen and oxygen atoms in total. The first-order valence-electron chi connectivity index (χ1n) is 7.30. The molecule has 2 rings (SSSR count). The van der Waals surface area contributed by atoms with Crippen molar-refractivity contribution in [2.45, 2.75) is 45.1 Å². The molecule has 0 heterocycles. The maximum Gasteiger partial charge on any atom is 0.0456 e. The average molecular weight is 326 g/mol. The second-order valence-electron chi connectivity index (χ2n) is 5.74. The smallest absolute Gasteiger partial charge is 0.0456 e. The van der Waals surface area contributed by atoms with Crippen LogP contribution in [0.3, 0.4) is 0 Å². The van der Waals surface area contributed by atoms with Gasteiger partial charge in [-0.3, -0.25) is 0 Å². The quantitative estimate of drug-likeness (QED) is 0.786. The van der Waals surface area contributed by atoms with Crippen molar-refractivity contribution in [1.29, 1.82) is 0 Å². The summed E-state index contributed by atoms with van der Waals surface area (Å²) in [6, 6.07) is 7.28. The highest BCUT2D eigenvalue weighted by molar-refractivity contribution is 9.10. The van der Waals surface area contributed by atoms with Crippen molar-refractivity contribution < 1.29 is 5.11 Å². The second-order valence-corrected chi connectivity index (χ2v) is 6.65. The lowest BCUT2D eigenvalue weighted by Gasteiger charge is -2.26. The van der Waals surface area contributed by atoms with Crippen LogP contribution in [0.25, 0.3) is 0 Å². The van der Waals surface area contributed by atoms with Gasteiger partial charge < -0.3 is 10.4 Å². The zero-order chi connectivity index (χ0) is 13.7. The minimum Gasteiger partial charge on any atom is -0.396 e. The van der Waals surface area contributed by atoms with Crippen LogP contribution in [0.1, 0.15) is 37.3 Å². The number of fused-ring (bicyclic) bond motifs is 1. The Morgan fingerprint density at radius 2 is 2.26 bits per heavy atom. The largest absolute Gasteiger partial charge is 0.396 e. The highest BCUT2D eigenvalue weighted by atomic mass is 79.9. The van der Waals surface area contributed by atoms with Crippen molar-refractivity contribution in [3.05, 3.63) is 33.8 Å². The van der Waals surface area contributed by atoms with Crippen LogP contribution >= 0.6 is 15.9 Å². The molecule has 2 atom stereocenters. The molecule has 0 saturated heterocycles. The van der Waals surface area contributed by atoms with E-state index in [0.29, 0.717) is 18.6 Å². The van der Waals surface area contributed by atoms with Gasteiger partial charge in [-0.05, 0) is 67.8 Å². The van der Waals surface area contributed by atoms with Gasteiger partial charge in [0, 0.05) is 17.1 Å². The van der Waals surface area contributed by atoms with Crippen LogP contribution in [0.4, 0.5) is 0 Å². The first-order valence-corrected chi connectivity index (χ1v) is 8.10. The van der Waals surface area contributed by atoms with Crippen LogP contribution in [0.15, 0.2) is 22.7 Å². The van der Waals surface area contributed by atoms with Gasteiger partial charge in [-0.25, -0.2) is 0 Å². The van der Waals surface area contributed by atoms with E-state index in [2.05, 4.69) is 46.4 Å². The second kappa shape index (κ2) is 7.41. The normalized spacial score (nSPS) is 20.1. The lowest BCUT2D eigenvalue weighted by atomic mass is 9.88. The van der Waals surface area contributed by atoms with E-state index >= 15 is 0 Å². The van der Waals surface area contributed by atoms with Gasteiger partial charge in [0.25, 0.3) is 0 Å². The van der Waals surface area contributed by atoms with Crippen molar-refractivity contribution in [3.8, 4) is 0 Å². The molecule has 0 saturated carbocycles. The number of aliphatic hydroxyl groups is 1. The third kappa shape index (κ3) is 4.59. The van der Waals surface area contributed by atoms with Crippen molar-refractivity contribution in [2.24, 2.45) is 5.92 Å². The van der Waals surface area contributed by atoms with Gasteiger partial charge >= 0.3 is 0 Å². The van der Waals surface area contributed by atoms with Crippen LogP contribution in [-0.4, -0.2) is 24.3 Å². The number of benzene rings is 1. The zero-order valence-corrected chi connectivity index (χ0v) is 13.2. The topological polar surface area (TPSA) is 32.3 Å². The van der Waals surface area contributed by atoms with E-state index in [1.54, 1.807) is 0 Å². The molecule has 2 unspecified atom stereocenters. The van der Waals surface area contributed by atoms with Gasteiger partial charge in [0.1, 0.15) is 0 Å². The summed E-state index contributed by atoms with van der Waals surface area (Å²) in [7, 11) is 0. The van der Waals surface area contributed by atoms with Crippen molar-refractivity contribution in [3.63, 3.8) is 0 Å². The van der Waals surface area contributed by atoms with Crippen LogP contribution in [0, 0.1) is 5.92 Å². The molecule has 1 aliphatic carbocycles. The van der Waals surface area contributed by atoms with Crippen LogP contribution < -0.4 is 5.32 Å². The van der Waals surface area contributed by atoms with Gasteiger partial charge in [-0.2, -0.15) is 0 Å². The Labute approximate surface area is 124 Å². The Hall–Kier alpha value is -0.380. The van der Waals surface area contributed by atoms with E-state index < -0.39 is 0 Å². The van der Waals surface area contributed by atoms with Crippen LogP contribution in [0.2, 0.25) is 0 Å². The standard InChI is InChI=1S/C16H24BrNO/c1-12(11-19)3-2-8-18-16-7-5-13-9-15(17)6-4-14(13)10-16/h4,6,9,12,16,18-19H,2-3,5,7-8,10-11H2,1H3. The van der Waals surface area contributed by atoms with E-state index in [-0.39, 0.29) is 0 Å². The molecule has 19 heavy (non-hydrogen) atoms. The number of hydrogen-bond acceptors (Lipinski definition) is 2. The molecule has 0 spiro atoms. The Morgan fingerprint density at radius 3 is 3.05 bits per heavy atom. The Morgan fingerprint density at radius 1 is 1.42 bits per heavy atom. The number of aliphatic hydroxyl groups excluding tert-OH is 1. The Bertz CT molecular complexity index is 408. The fourth-order valence-corrected chi connectivity index (χ4v) is 3.15. The molecule has 2 N–H and O–H groups in total. The molecule has 1 aromatic carbocycles. The summed E-state index contributed by atoms with van der Waals surface area (Å²) in [6.45, 7) is 3.49. The van der Waals surface area contributed by atoms with E-state index in [0.717, 1.165) is 25.8 Å². The summed E-state index contributed by atoms with van der Waals surface area (Å²) in [5.74, 6) is 0.436. The predicted octanol–water partition coefficient (Wildman–Crippen LogP) is 3.30. The molecule has 106 valence electrons. The maximum absolute atomic E-state index is 8.99. The zero-order valence-electron chi connectivity index (χ0n) is 11.7. The van der Waals surface area contributed by atoms with E-state index in [1.165, 1.54) is 28.4 Å². The SMILES string of the molecule is CC(CO)CCCNC1CCc2cc(Br)ccc2C1. The third-order valence-corrected chi connectivity index (χ3v) is 4.51. The molecule has 0 fully saturated rings. The first kappa shape index (κ1) is 15.0. The summed E-state index contributed by atoms with van der Waals surface area (Å²) >= 11 is 3.54. The minimum absolute atomic E-state index is 0.311. The summed E-state index contributed by atoms with van der Waals surface area (Å²) in [5, 5.41) is 12.7. The number of nitrogens with one attached hydrogen (secondary N) is 1. The molecule has 3 heteroatoms. The summed E-state index contributed by atoms with van der Waals surface area (Å²) in [4.78, 5) is 0. The summed E-state index contributed by atoms with van der Waals surface area (Å²) in [6.07, 6.45) is 5.84. The molecule has 0 amide bonds. The summed E-state index contributed by atoms with van der Waals surface area (Å²) in [5.41, 5.74) is 3.00.